The molecule has 0 saturated heterocycles. The van der Waals surface area contributed by atoms with E-state index < -0.39 is 21.7 Å². The van der Waals surface area contributed by atoms with Crippen molar-refractivity contribution >= 4 is 21.8 Å². The van der Waals surface area contributed by atoms with Crippen molar-refractivity contribution < 1.29 is 18.0 Å². The molecule has 0 bridgehead atoms. The largest absolute Gasteiger partial charge is 0.378 e. The Morgan fingerprint density at radius 2 is 2.10 bits per heavy atom. The Morgan fingerprint density at radius 1 is 1.45 bits per heavy atom. The molecule has 1 heterocycles. The number of oxime groups is 1. The smallest absolute Gasteiger partial charge is 0.301 e. The topological polar surface area (TPSA) is 96.9 Å². The first-order valence-corrected chi connectivity index (χ1v) is 8.13. The van der Waals surface area contributed by atoms with Crippen molar-refractivity contribution in [3.05, 3.63) is 0 Å². The molecule has 2 unspecified atom stereocenters. The molecule has 2 rings (SSSR count). The van der Waals surface area contributed by atoms with E-state index in [0.29, 0.717) is 6.42 Å². The molecule has 0 aromatic carbocycles. The fraction of sp³-hybridized carbons (Fsp3) is 0.833. The Morgan fingerprint density at radius 3 is 2.65 bits per heavy atom. The summed E-state index contributed by atoms with van der Waals surface area (Å²) in [6.45, 7) is 6.02. The molecular formula is C12H21N3O4S. The molecule has 0 aromatic rings. The molecule has 2 atom stereocenters. The van der Waals surface area contributed by atoms with Crippen molar-refractivity contribution in [3.63, 3.8) is 0 Å². The second-order valence-corrected chi connectivity index (χ2v) is 7.91. The maximum atomic E-state index is 12.4. The van der Waals surface area contributed by atoms with Crippen molar-refractivity contribution in [2.75, 3.05) is 7.05 Å². The minimum atomic E-state index is -3.83. The van der Waals surface area contributed by atoms with Crippen LogP contribution in [0.3, 0.4) is 0 Å². The van der Waals surface area contributed by atoms with Crippen LogP contribution in [0.5, 0.6) is 0 Å². The summed E-state index contributed by atoms with van der Waals surface area (Å²) in [6.07, 6.45) is 2.07. The molecule has 1 fully saturated rings. The second kappa shape index (κ2) is 4.70. The van der Waals surface area contributed by atoms with Crippen LogP contribution in [0.1, 0.15) is 40.0 Å². The third kappa shape index (κ3) is 2.42. The van der Waals surface area contributed by atoms with Crippen LogP contribution in [0.15, 0.2) is 5.16 Å². The fourth-order valence-electron chi connectivity index (χ4n) is 2.87. The van der Waals surface area contributed by atoms with Gasteiger partial charge < -0.3 is 4.84 Å². The molecule has 0 spiro atoms. The molecule has 8 heteroatoms. The summed E-state index contributed by atoms with van der Waals surface area (Å²) in [7, 11) is -2.59. The monoisotopic (exact) mass is 303 g/mol. The molecule has 7 nitrogen and oxygen atoms in total. The van der Waals surface area contributed by atoms with Crippen LogP contribution in [0.4, 0.5) is 0 Å². The first-order chi connectivity index (χ1) is 9.12. The van der Waals surface area contributed by atoms with Crippen molar-refractivity contribution in [2.45, 2.75) is 45.6 Å². The van der Waals surface area contributed by atoms with Crippen molar-refractivity contribution in [1.29, 1.82) is 0 Å². The minimum absolute atomic E-state index is 0.158. The van der Waals surface area contributed by atoms with Crippen LogP contribution in [0.25, 0.3) is 0 Å². The highest BCUT2D eigenvalue weighted by molar-refractivity contribution is 7.88. The van der Waals surface area contributed by atoms with Crippen molar-refractivity contribution in [3.8, 4) is 0 Å². The molecule has 0 aromatic heterocycles. The maximum Gasteiger partial charge on any atom is 0.301 e. The van der Waals surface area contributed by atoms with Gasteiger partial charge in [0.1, 0.15) is 0 Å². The SMILES string of the molecule is CNS(=O)(=O)NC(=O)C12CCCC1C(C(C)(C)C)=NO2. The minimum Gasteiger partial charge on any atom is -0.378 e. The highest BCUT2D eigenvalue weighted by atomic mass is 32.2. The van der Waals surface area contributed by atoms with Gasteiger partial charge in [0.05, 0.1) is 11.6 Å². The Bertz CT molecular complexity index is 550. The van der Waals surface area contributed by atoms with Crippen LogP contribution < -0.4 is 9.44 Å². The van der Waals surface area contributed by atoms with Gasteiger partial charge in [-0.15, -0.1) is 0 Å². The van der Waals surface area contributed by atoms with E-state index >= 15 is 0 Å². The van der Waals surface area contributed by atoms with E-state index in [0.717, 1.165) is 18.6 Å². The van der Waals surface area contributed by atoms with Crippen molar-refractivity contribution in [1.82, 2.24) is 9.44 Å². The van der Waals surface area contributed by atoms with Crippen LogP contribution in [0.2, 0.25) is 0 Å². The number of hydrogen-bond acceptors (Lipinski definition) is 5. The number of nitrogens with one attached hydrogen (secondary N) is 2. The Balaban J connectivity index is 2.26. The predicted octanol–water partition coefficient (Wildman–Crippen LogP) is 0.538. The van der Waals surface area contributed by atoms with E-state index in [1.807, 2.05) is 25.5 Å². The molecule has 2 N–H and O–H groups in total. The Labute approximate surface area is 119 Å². The van der Waals surface area contributed by atoms with Crippen LogP contribution in [0, 0.1) is 11.3 Å². The van der Waals surface area contributed by atoms with Gasteiger partial charge >= 0.3 is 10.2 Å². The number of carbonyl (C=O) groups excluding carboxylic acids is 1. The highest BCUT2D eigenvalue weighted by Gasteiger charge is 2.59. The van der Waals surface area contributed by atoms with E-state index in [9.17, 15) is 13.2 Å². The standard InChI is InChI=1S/C12H21N3O4S/c1-11(2,3)9-8-6-5-7-12(8,19-14-9)10(16)15-20(17,18)13-4/h8,13H,5-7H2,1-4H3,(H,15,16). The molecule has 1 amide bonds. The molecular weight excluding hydrogens is 282 g/mol. The lowest BCUT2D eigenvalue weighted by molar-refractivity contribution is -0.144. The van der Waals surface area contributed by atoms with Gasteiger partial charge in [-0.3, -0.25) is 4.79 Å². The van der Waals surface area contributed by atoms with Gasteiger partial charge in [0.15, 0.2) is 0 Å². The van der Waals surface area contributed by atoms with Crippen molar-refractivity contribution in [2.24, 2.45) is 16.5 Å². The van der Waals surface area contributed by atoms with Gasteiger partial charge in [0, 0.05) is 12.5 Å². The zero-order valence-electron chi connectivity index (χ0n) is 12.2. The summed E-state index contributed by atoms with van der Waals surface area (Å²) in [5.74, 6) is -0.799. The first kappa shape index (κ1) is 15.2. The molecule has 1 aliphatic heterocycles. The lowest BCUT2D eigenvalue weighted by atomic mass is 9.76. The summed E-state index contributed by atoms with van der Waals surface area (Å²) < 4.78 is 27.1. The zero-order valence-corrected chi connectivity index (χ0v) is 13.0. The lowest BCUT2D eigenvalue weighted by Crippen LogP contribution is -2.54. The molecule has 114 valence electrons. The predicted molar refractivity (Wildman–Crippen MR) is 74.2 cm³/mol. The van der Waals surface area contributed by atoms with E-state index in [2.05, 4.69) is 9.88 Å². The summed E-state index contributed by atoms with van der Waals surface area (Å²) in [4.78, 5) is 17.8. The number of hydrogen-bond donors (Lipinski definition) is 2. The summed E-state index contributed by atoms with van der Waals surface area (Å²) in [5.41, 5.74) is -0.558. The zero-order chi connectivity index (χ0) is 15.2. The second-order valence-electron chi connectivity index (χ2n) is 6.29. The molecule has 20 heavy (non-hydrogen) atoms. The Hall–Kier alpha value is -1.15. The number of nitrogens with zero attached hydrogens (tertiary/aromatic N) is 1. The van der Waals surface area contributed by atoms with Gasteiger partial charge in [-0.25, -0.2) is 9.44 Å². The molecule has 0 radical (unpaired) electrons. The maximum absolute atomic E-state index is 12.4. The van der Waals surface area contributed by atoms with Gasteiger partial charge in [0.2, 0.25) is 5.60 Å². The molecule has 1 aliphatic carbocycles. The van der Waals surface area contributed by atoms with Crippen LogP contribution in [-0.2, 0) is 19.8 Å². The lowest BCUT2D eigenvalue weighted by Gasteiger charge is -2.28. The quantitative estimate of drug-likeness (QED) is 0.795. The number of amides is 1. The van der Waals surface area contributed by atoms with Gasteiger partial charge in [-0.05, 0) is 19.3 Å². The number of fused-ring (bicyclic) bond motifs is 1. The van der Waals surface area contributed by atoms with Gasteiger partial charge in [0.25, 0.3) is 5.91 Å². The first-order valence-electron chi connectivity index (χ1n) is 6.65. The molecule has 2 aliphatic rings. The van der Waals surface area contributed by atoms with Crippen LogP contribution >= 0.6 is 0 Å². The Kier molecular flexibility index (Phi) is 3.58. The average Bonchev–Trinajstić information content (AvgIpc) is 2.84. The molecule has 1 saturated carbocycles. The summed E-state index contributed by atoms with van der Waals surface area (Å²) in [6, 6.07) is 0. The van der Waals surface area contributed by atoms with E-state index in [1.54, 1.807) is 0 Å². The third-order valence-electron chi connectivity index (χ3n) is 3.89. The van der Waals surface area contributed by atoms with Crippen LogP contribution in [-0.4, -0.2) is 32.7 Å². The number of rotatable bonds is 3. The average molecular weight is 303 g/mol. The summed E-state index contributed by atoms with van der Waals surface area (Å²) >= 11 is 0. The fourth-order valence-corrected chi connectivity index (χ4v) is 3.39. The third-order valence-corrected chi connectivity index (χ3v) is 4.88. The number of carbonyl (C=O) groups is 1. The summed E-state index contributed by atoms with van der Waals surface area (Å²) in [5, 5.41) is 4.08. The van der Waals surface area contributed by atoms with Gasteiger partial charge in [-0.1, -0.05) is 25.9 Å². The van der Waals surface area contributed by atoms with E-state index in [4.69, 9.17) is 4.84 Å². The normalized spacial score (nSPS) is 29.6. The van der Waals surface area contributed by atoms with E-state index in [-0.39, 0.29) is 11.3 Å². The van der Waals surface area contributed by atoms with Gasteiger partial charge in [-0.2, -0.15) is 8.42 Å². The highest BCUT2D eigenvalue weighted by Crippen LogP contribution is 2.47. The van der Waals surface area contributed by atoms with E-state index in [1.165, 1.54) is 7.05 Å².